The number of halogens is 1. The van der Waals surface area contributed by atoms with Gasteiger partial charge in [-0.2, -0.15) is 9.97 Å². The van der Waals surface area contributed by atoms with Crippen molar-refractivity contribution in [3.05, 3.63) is 51.1 Å². The van der Waals surface area contributed by atoms with Crippen LogP contribution in [0.2, 0.25) is 0 Å². The summed E-state index contributed by atoms with van der Waals surface area (Å²) in [6.45, 7) is 4.44. The van der Waals surface area contributed by atoms with Crippen LogP contribution in [-0.4, -0.2) is 48.9 Å². The molecule has 13 heteroatoms. The number of aromatic nitrogens is 4. The fourth-order valence-corrected chi connectivity index (χ4v) is 3.82. The number of aryl methyl sites for hydroxylation is 2. The number of nitrogens with two attached hydrogens (primary N) is 2. The van der Waals surface area contributed by atoms with Crippen LogP contribution in [0.25, 0.3) is 0 Å². The third-order valence-corrected chi connectivity index (χ3v) is 5.77. The van der Waals surface area contributed by atoms with Crippen LogP contribution in [0, 0.1) is 20.5 Å². The van der Waals surface area contributed by atoms with Crippen LogP contribution >= 0.6 is 0 Å². The molecule has 0 aromatic carbocycles. The van der Waals surface area contributed by atoms with E-state index in [0.717, 1.165) is 6.61 Å². The van der Waals surface area contributed by atoms with Crippen molar-refractivity contribution >= 4 is 11.6 Å². The quantitative estimate of drug-likeness (QED) is 0.497. The summed E-state index contributed by atoms with van der Waals surface area (Å²) in [6, 6.07) is 0. The third kappa shape index (κ3) is 4.76. The highest BCUT2D eigenvalue weighted by molar-refractivity contribution is 5.35. The van der Waals surface area contributed by atoms with Gasteiger partial charge < -0.3 is 30.8 Å². The maximum absolute atomic E-state index is 14.5. The number of aliphatic hydroxyl groups excluding tert-OH is 1. The van der Waals surface area contributed by atoms with E-state index in [2.05, 4.69) is 9.97 Å². The van der Waals surface area contributed by atoms with E-state index in [1.807, 2.05) is 0 Å². The smallest absolute Gasteiger partial charge is 0.351 e. The van der Waals surface area contributed by atoms with Crippen molar-refractivity contribution in [3.8, 4) is 0 Å². The van der Waals surface area contributed by atoms with Crippen LogP contribution in [0.3, 0.4) is 0 Å². The molecule has 0 spiro atoms. The minimum atomic E-state index is -1.47. The SMILES string of the molecule is Cc1cn([C@H]2CC[C@@H](C(O)O[CH][C@H]3O[C@@H](n4cc(C)c(N)nc4=O)C[C@@H]3F)O2)c(=O)nc1N. The van der Waals surface area contributed by atoms with Gasteiger partial charge in [-0.15, -0.1) is 0 Å². The van der Waals surface area contributed by atoms with Crippen molar-refractivity contribution in [3.63, 3.8) is 0 Å². The Morgan fingerprint density at radius 1 is 1.09 bits per heavy atom. The number of nitrogens with zero attached hydrogens (tertiary/aromatic N) is 4. The van der Waals surface area contributed by atoms with Gasteiger partial charge in [-0.1, -0.05) is 0 Å². The lowest BCUT2D eigenvalue weighted by Crippen LogP contribution is -2.33. The number of hydrogen-bond donors (Lipinski definition) is 3. The lowest BCUT2D eigenvalue weighted by molar-refractivity contribution is -0.177. The van der Waals surface area contributed by atoms with E-state index in [0.29, 0.717) is 24.0 Å². The summed E-state index contributed by atoms with van der Waals surface area (Å²) in [4.78, 5) is 31.6. The molecule has 1 unspecified atom stereocenters. The van der Waals surface area contributed by atoms with E-state index < -0.39 is 48.5 Å². The maximum atomic E-state index is 14.5. The molecule has 2 aliphatic rings. The van der Waals surface area contributed by atoms with Crippen molar-refractivity contribution in [2.24, 2.45) is 0 Å². The number of nitrogen functional groups attached to an aromatic ring is 2. The number of anilines is 2. The Bertz CT molecular complexity index is 1140. The first kappa shape index (κ1) is 23.3. The number of ether oxygens (including phenoxy) is 3. The Morgan fingerprint density at radius 3 is 2.27 bits per heavy atom. The van der Waals surface area contributed by atoms with E-state index in [1.165, 1.54) is 15.3 Å². The highest BCUT2D eigenvalue weighted by Gasteiger charge is 2.39. The average Bonchev–Trinajstić information content (AvgIpc) is 3.39. The number of alkyl halides is 1. The molecule has 179 valence electrons. The van der Waals surface area contributed by atoms with Gasteiger partial charge in [0.2, 0.25) is 0 Å². The highest BCUT2D eigenvalue weighted by Crippen LogP contribution is 2.34. The molecule has 2 aliphatic heterocycles. The van der Waals surface area contributed by atoms with Gasteiger partial charge in [-0.05, 0) is 26.7 Å². The Labute approximate surface area is 187 Å². The molecule has 12 nitrogen and oxygen atoms in total. The fraction of sp³-hybridized carbons (Fsp3) is 0.550. The first-order valence-electron chi connectivity index (χ1n) is 10.5. The second-order valence-electron chi connectivity index (χ2n) is 8.17. The minimum absolute atomic E-state index is 0.0972. The van der Waals surface area contributed by atoms with Crippen molar-refractivity contribution in [1.82, 2.24) is 19.1 Å². The highest BCUT2D eigenvalue weighted by atomic mass is 19.1. The average molecular weight is 465 g/mol. The molecule has 5 N–H and O–H groups in total. The lowest BCUT2D eigenvalue weighted by Gasteiger charge is -2.22. The van der Waals surface area contributed by atoms with Gasteiger partial charge in [0.15, 0.2) is 6.29 Å². The Balaban J connectivity index is 1.33. The van der Waals surface area contributed by atoms with Gasteiger partial charge in [0, 0.05) is 29.9 Å². The van der Waals surface area contributed by atoms with Gasteiger partial charge in [0.1, 0.15) is 49.1 Å². The van der Waals surface area contributed by atoms with E-state index >= 15 is 0 Å². The largest absolute Gasteiger partial charge is 0.383 e. The van der Waals surface area contributed by atoms with Gasteiger partial charge in [0.05, 0.1) is 0 Å². The zero-order valence-corrected chi connectivity index (χ0v) is 18.1. The van der Waals surface area contributed by atoms with E-state index in [4.69, 9.17) is 25.7 Å². The molecule has 2 aromatic heterocycles. The minimum Gasteiger partial charge on any atom is -0.383 e. The van der Waals surface area contributed by atoms with Crippen LogP contribution in [0.5, 0.6) is 0 Å². The topological polar surface area (TPSA) is 170 Å². The van der Waals surface area contributed by atoms with Gasteiger partial charge in [-0.25, -0.2) is 14.0 Å². The zero-order valence-electron chi connectivity index (χ0n) is 18.1. The lowest BCUT2D eigenvalue weighted by atomic mass is 10.2. The van der Waals surface area contributed by atoms with Gasteiger partial charge in [0.25, 0.3) is 0 Å². The molecule has 0 saturated carbocycles. The Kier molecular flexibility index (Phi) is 6.47. The molecule has 0 bridgehead atoms. The van der Waals surface area contributed by atoms with Crippen LogP contribution in [0.1, 0.15) is 42.8 Å². The molecule has 33 heavy (non-hydrogen) atoms. The van der Waals surface area contributed by atoms with Gasteiger partial charge >= 0.3 is 11.4 Å². The van der Waals surface area contributed by atoms with Crippen molar-refractivity contribution < 1.29 is 23.7 Å². The van der Waals surface area contributed by atoms with E-state index in [-0.39, 0.29) is 18.1 Å². The summed E-state index contributed by atoms with van der Waals surface area (Å²) in [6.07, 6.45) is -2.52. The molecule has 4 heterocycles. The molecule has 1 radical (unpaired) electrons. The van der Waals surface area contributed by atoms with Crippen LogP contribution in [-0.2, 0) is 14.2 Å². The normalized spacial score (nSPS) is 28.3. The van der Waals surface area contributed by atoms with Crippen molar-refractivity contribution in [2.45, 2.75) is 70.2 Å². The zero-order chi connectivity index (χ0) is 23.9. The van der Waals surface area contributed by atoms with E-state index in [1.54, 1.807) is 20.0 Å². The number of hydrogen-bond acceptors (Lipinski definition) is 10. The van der Waals surface area contributed by atoms with Crippen molar-refractivity contribution in [2.75, 3.05) is 11.5 Å². The second-order valence-corrected chi connectivity index (χ2v) is 8.17. The third-order valence-electron chi connectivity index (χ3n) is 5.77. The molecule has 0 aliphatic carbocycles. The van der Waals surface area contributed by atoms with E-state index in [9.17, 15) is 19.1 Å². The standard InChI is InChI=1S/C20H26FN6O6/c1-9-6-26(19(29)24-16(9)22)14-4-3-12(32-14)18(28)31-8-13-11(21)5-15(33-13)27-7-10(2)17(23)25-20(27)30/h6-8,11-15,18,28H,3-5H2,1-2H3,(H2,22,24,29)(H2,23,25,30)/t11-,12-,13+,14+,15+,18?/m0/s1. The summed E-state index contributed by atoms with van der Waals surface area (Å²) in [5, 5.41) is 10.4. The van der Waals surface area contributed by atoms with Crippen LogP contribution in [0.4, 0.5) is 16.0 Å². The first-order valence-corrected chi connectivity index (χ1v) is 10.5. The molecule has 6 atom stereocenters. The summed E-state index contributed by atoms with van der Waals surface area (Å²) >= 11 is 0. The Hall–Kier alpha value is -2.87. The second kappa shape index (κ2) is 9.17. The fourth-order valence-electron chi connectivity index (χ4n) is 3.82. The number of aliphatic hydroxyl groups is 1. The molecule has 4 rings (SSSR count). The molecule has 2 fully saturated rings. The van der Waals surface area contributed by atoms with Crippen molar-refractivity contribution in [1.29, 1.82) is 0 Å². The molecular weight excluding hydrogens is 439 g/mol. The summed E-state index contributed by atoms with van der Waals surface area (Å²) in [5.41, 5.74) is 11.2. The summed E-state index contributed by atoms with van der Waals surface area (Å²) in [7, 11) is 0. The Morgan fingerprint density at radius 2 is 1.67 bits per heavy atom. The maximum Gasteiger partial charge on any atom is 0.351 e. The molecule has 0 amide bonds. The molecule has 2 saturated heterocycles. The number of rotatable bonds is 6. The summed E-state index contributed by atoms with van der Waals surface area (Å²) in [5.74, 6) is 0.245. The summed E-state index contributed by atoms with van der Waals surface area (Å²) < 4.78 is 33.6. The monoisotopic (exact) mass is 465 g/mol. The van der Waals surface area contributed by atoms with Gasteiger partial charge in [-0.3, -0.25) is 9.13 Å². The molecule has 2 aromatic rings. The van der Waals surface area contributed by atoms with Crippen LogP contribution < -0.4 is 22.8 Å². The molecular formula is C20H26FN6O6. The first-order chi connectivity index (χ1) is 15.6. The predicted molar refractivity (Wildman–Crippen MR) is 113 cm³/mol. The van der Waals surface area contributed by atoms with Crippen LogP contribution in [0.15, 0.2) is 22.0 Å². The predicted octanol–water partition coefficient (Wildman–Crippen LogP) is 0.0814.